The first-order chi connectivity index (χ1) is 12.9. The molecule has 0 saturated carbocycles. The van der Waals surface area contributed by atoms with Crippen molar-refractivity contribution in [1.82, 2.24) is 9.88 Å². The molecule has 2 aromatic rings. The second-order valence-corrected chi connectivity index (χ2v) is 9.13. The van der Waals surface area contributed by atoms with E-state index in [1.54, 1.807) is 11.3 Å². The first-order valence-corrected chi connectivity index (χ1v) is 10.3. The lowest BCUT2D eigenvalue weighted by molar-refractivity contribution is 0.180. The van der Waals surface area contributed by atoms with Gasteiger partial charge in [0, 0.05) is 36.8 Å². The van der Waals surface area contributed by atoms with Crippen LogP contribution in [0.2, 0.25) is 0 Å². The van der Waals surface area contributed by atoms with E-state index in [0.29, 0.717) is 12.0 Å². The van der Waals surface area contributed by atoms with Crippen LogP contribution in [0.4, 0.5) is 10.1 Å². The zero-order chi connectivity index (χ0) is 19.6. The van der Waals surface area contributed by atoms with Crippen molar-refractivity contribution in [1.29, 1.82) is 5.26 Å². The number of anilines is 1. The summed E-state index contributed by atoms with van der Waals surface area (Å²) in [5, 5.41) is 10.6. The van der Waals surface area contributed by atoms with Crippen molar-refractivity contribution < 1.29 is 4.39 Å². The summed E-state index contributed by atoms with van der Waals surface area (Å²) in [5.74, 6) is 0.0432. The Morgan fingerprint density at radius 1 is 1.37 bits per heavy atom. The highest BCUT2D eigenvalue weighted by atomic mass is 32.1. The van der Waals surface area contributed by atoms with Gasteiger partial charge in [0.05, 0.1) is 12.2 Å². The fourth-order valence-electron chi connectivity index (χ4n) is 3.69. The number of rotatable bonds is 5. The third-order valence-corrected chi connectivity index (χ3v) is 5.90. The zero-order valence-corrected chi connectivity index (χ0v) is 17.3. The molecule has 2 heterocycles. The SMILES string of the molecule is Cc1cnc(CN2CCN(c3cc(CC(C)C)cc(F)c3C#N)C[C@@H]2C)s1. The van der Waals surface area contributed by atoms with Gasteiger partial charge in [-0.3, -0.25) is 4.90 Å². The predicted octanol–water partition coefficient (Wildman–Crippen LogP) is 4.37. The molecule has 0 aliphatic carbocycles. The lowest BCUT2D eigenvalue weighted by Gasteiger charge is -2.41. The number of halogens is 1. The van der Waals surface area contributed by atoms with Crippen LogP contribution in [0.25, 0.3) is 0 Å². The van der Waals surface area contributed by atoms with Crippen molar-refractivity contribution in [2.45, 2.75) is 46.7 Å². The Bertz CT molecular complexity index is 839. The predicted molar refractivity (Wildman–Crippen MR) is 109 cm³/mol. The molecule has 144 valence electrons. The molecule has 0 amide bonds. The van der Waals surface area contributed by atoms with Crippen molar-refractivity contribution in [2.75, 3.05) is 24.5 Å². The Kier molecular flexibility index (Phi) is 6.13. The maximum atomic E-state index is 14.5. The molecular weight excluding hydrogens is 359 g/mol. The van der Waals surface area contributed by atoms with Gasteiger partial charge in [-0.05, 0) is 43.9 Å². The largest absolute Gasteiger partial charge is 0.368 e. The van der Waals surface area contributed by atoms with Crippen LogP contribution in [0.5, 0.6) is 0 Å². The molecule has 0 N–H and O–H groups in total. The molecule has 1 fully saturated rings. The summed E-state index contributed by atoms with van der Waals surface area (Å²) >= 11 is 1.74. The second kappa shape index (κ2) is 8.37. The Morgan fingerprint density at radius 3 is 2.74 bits per heavy atom. The van der Waals surface area contributed by atoms with E-state index >= 15 is 0 Å². The molecule has 6 heteroatoms. The van der Waals surface area contributed by atoms with Gasteiger partial charge < -0.3 is 4.90 Å². The van der Waals surface area contributed by atoms with Gasteiger partial charge in [0.2, 0.25) is 0 Å². The van der Waals surface area contributed by atoms with Crippen molar-refractivity contribution in [3.8, 4) is 6.07 Å². The Balaban J connectivity index is 1.77. The number of nitrogens with zero attached hydrogens (tertiary/aromatic N) is 4. The van der Waals surface area contributed by atoms with E-state index in [9.17, 15) is 9.65 Å². The first-order valence-electron chi connectivity index (χ1n) is 9.50. The molecule has 0 unspecified atom stereocenters. The van der Waals surface area contributed by atoms with Crippen molar-refractivity contribution in [3.63, 3.8) is 0 Å². The van der Waals surface area contributed by atoms with Gasteiger partial charge in [-0.1, -0.05) is 13.8 Å². The Hall–Kier alpha value is -1.97. The highest BCUT2D eigenvalue weighted by molar-refractivity contribution is 7.11. The second-order valence-electron chi connectivity index (χ2n) is 7.81. The van der Waals surface area contributed by atoms with Crippen LogP contribution in [-0.4, -0.2) is 35.6 Å². The van der Waals surface area contributed by atoms with Crippen molar-refractivity contribution in [3.05, 3.63) is 45.2 Å². The molecule has 27 heavy (non-hydrogen) atoms. The van der Waals surface area contributed by atoms with E-state index in [-0.39, 0.29) is 5.56 Å². The third-order valence-electron chi connectivity index (χ3n) is 5.00. The monoisotopic (exact) mass is 386 g/mol. The normalized spacial score (nSPS) is 18.1. The molecular formula is C21H27FN4S. The minimum absolute atomic E-state index is 0.165. The molecule has 1 atom stereocenters. The van der Waals surface area contributed by atoms with Gasteiger partial charge in [0.1, 0.15) is 22.5 Å². The fraction of sp³-hybridized carbons (Fsp3) is 0.524. The number of aromatic nitrogens is 1. The molecule has 0 radical (unpaired) electrons. The van der Waals surface area contributed by atoms with Gasteiger partial charge in [0.15, 0.2) is 0 Å². The van der Waals surface area contributed by atoms with Crippen LogP contribution in [0, 0.1) is 30.0 Å². The number of hydrogen-bond acceptors (Lipinski definition) is 5. The number of aryl methyl sites for hydroxylation is 1. The molecule has 1 aromatic heterocycles. The van der Waals surface area contributed by atoms with Gasteiger partial charge in [-0.2, -0.15) is 5.26 Å². The highest BCUT2D eigenvalue weighted by Gasteiger charge is 2.27. The topological polar surface area (TPSA) is 43.2 Å². The summed E-state index contributed by atoms with van der Waals surface area (Å²) in [6.45, 7) is 11.8. The molecule has 4 nitrogen and oxygen atoms in total. The van der Waals surface area contributed by atoms with Gasteiger partial charge in [-0.25, -0.2) is 9.37 Å². The van der Waals surface area contributed by atoms with Crippen LogP contribution in [0.1, 0.15) is 41.8 Å². The number of nitriles is 1. The van der Waals surface area contributed by atoms with E-state index in [0.717, 1.165) is 48.9 Å². The van der Waals surface area contributed by atoms with Gasteiger partial charge in [-0.15, -0.1) is 11.3 Å². The Morgan fingerprint density at radius 2 is 2.15 bits per heavy atom. The summed E-state index contributed by atoms with van der Waals surface area (Å²) in [6, 6.07) is 5.91. The van der Waals surface area contributed by atoms with Gasteiger partial charge in [0.25, 0.3) is 0 Å². The molecule has 1 saturated heterocycles. The van der Waals surface area contributed by atoms with E-state index in [4.69, 9.17) is 0 Å². The molecule has 1 aromatic carbocycles. The lowest BCUT2D eigenvalue weighted by atomic mass is 9.99. The molecule has 0 bridgehead atoms. The number of benzene rings is 1. The minimum atomic E-state index is -0.404. The standard InChI is InChI=1S/C21H27FN4S/c1-14(2)7-17-8-19(22)18(10-23)20(9-17)26-6-5-25(15(3)12-26)13-21-24-11-16(4)27-21/h8-9,11,14-15H,5-7,12-13H2,1-4H3/t15-/m0/s1. The van der Waals surface area contributed by atoms with Crippen LogP contribution in [-0.2, 0) is 13.0 Å². The molecule has 3 rings (SSSR count). The molecule has 1 aliphatic heterocycles. The zero-order valence-electron chi connectivity index (χ0n) is 16.5. The average molecular weight is 387 g/mol. The van der Waals surface area contributed by atoms with E-state index in [1.807, 2.05) is 12.3 Å². The van der Waals surface area contributed by atoms with Gasteiger partial charge >= 0.3 is 0 Å². The summed E-state index contributed by atoms with van der Waals surface area (Å²) in [5.41, 5.74) is 1.87. The maximum absolute atomic E-state index is 14.5. The molecule has 1 aliphatic rings. The lowest BCUT2D eigenvalue weighted by Crippen LogP contribution is -2.51. The number of piperazine rings is 1. The maximum Gasteiger partial charge on any atom is 0.143 e. The van der Waals surface area contributed by atoms with Crippen molar-refractivity contribution >= 4 is 17.0 Å². The van der Waals surface area contributed by atoms with Crippen LogP contribution < -0.4 is 4.90 Å². The fourth-order valence-corrected chi connectivity index (χ4v) is 4.51. The van der Waals surface area contributed by atoms with E-state index in [2.05, 4.69) is 48.5 Å². The van der Waals surface area contributed by atoms with E-state index in [1.165, 1.54) is 10.9 Å². The van der Waals surface area contributed by atoms with E-state index < -0.39 is 5.82 Å². The summed E-state index contributed by atoms with van der Waals surface area (Å²) in [4.78, 5) is 10.3. The van der Waals surface area contributed by atoms with Crippen LogP contribution in [0.15, 0.2) is 18.3 Å². The third kappa shape index (κ3) is 4.66. The van der Waals surface area contributed by atoms with Crippen LogP contribution in [0.3, 0.4) is 0 Å². The summed E-state index contributed by atoms with van der Waals surface area (Å²) in [7, 11) is 0. The number of hydrogen-bond donors (Lipinski definition) is 0. The first kappa shape index (κ1) is 19.8. The van der Waals surface area contributed by atoms with Crippen molar-refractivity contribution in [2.24, 2.45) is 5.92 Å². The summed E-state index contributed by atoms with van der Waals surface area (Å²) in [6.07, 6.45) is 2.73. The Labute approximate surface area is 165 Å². The smallest absolute Gasteiger partial charge is 0.143 e. The quantitative estimate of drug-likeness (QED) is 0.765. The summed E-state index contributed by atoms with van der Waals surface area (Å²) < 4.78 is 14.5. The number of thiazole rings is 1. The highest BCUT2D eigenvalue weighted by Crippen LogP contribution is 2.29. The van der Waals surface area contributed by atoms with Crippen LogP contribution >= 0.6 is 11.3 Å². The molecule has 0 spiro atoms. The average Bonchev–Trinajstić information content (AvgIpc) is 3.00. The minimum Gasteiger partial charge on any atom is -0.368 e.